The summed E-state index contributed by atoms with van der Waals surface area (Å²) in [6.07, 6.45) is 1.54. The number of hydrogen-bond donors (Lipinski definition) is 0. The number of carbonyl (C=O) groups excluding carboxylic acids is 2. The summed E-state index contributed by atoms with van der Waals surface area (Å²) in [5.74, 6) is -0.447. The Hall–Kier alpha value is -0.700. The maximum atomic E-state index is 11.1. The van der Waals surface area contributed by atoms with E-state index in [1.807, 2.05) is 0 Å². The number of hydrogen-bond acceptors (Lipinski definition) is 2. The predicted molar refractivity (Wildman–Crippen MR) is 52.4 cm³/mol. The maximum absolute atomic E-state index is 11.1. The van der Waals surface area contributed by atoms with Crippen molar-refractivity contribution in [1.82, 2.24) is 0 Å². The highest BCUT2D eigenvalue weighted by Gasteiger charge is 2.13. The Morgan fingerprint density at radius 1 is 1.08 bits per heavy atom. The van der Waals surface area contributed by atoms with Gasteiger partial charge in [-0.15, -0.1) is 0 Å². The molecule has 0 fully saturated rings. The van der Waals surface area contributed by atoms with Gasteiger partial charge < -0.3 is 4.48 Å². The first-order valence-corrected chi connectivity index (χ1v) is 4.73. The Kier molecular flexibility index (Phi) is 4.85. The highest BCUT2D eigenvalue weighted by atomic mass is 16.2. The van der Waals surface area contributed by atoms with E-state index in [1.165, 1.54) is 0 Å². The summed E-state index contributed by atoms with van der Waals surface area (Å²) in [7, 11) is 6.23. The molecule has 0 atom stereocenters. The highest BCUT2D eigenvalue weighted by Crippen LogP contribution is 1.99. The molecule has 0 saturated heterocycles. The SMILES string of the molecule is CCC(=O)C(=O)CCC[N+](C)(C)C. The van der Waals surface area contributed by atoms with Gasteiger partial charge in [-0.25, -0.2) is 0 Å². The van der Waals surface area contributed by atoms with Gasteiger partial charge in [-0.3, -0.25) is 9.59 Å². The van der Waals surface area contributed by atoms with Crippen LogP contribution in [-0.2, 0) is 9.59 Å². The summed E-state index contributed by atoms with van der Waals surface area (Å²) in [5, 5.41) is 0. The number of nitrogens with zero attached hydrogens (tertiary/aromatic N) is 1. The van der Waals surface area contributed by atoms with Crippen LogP contribution in [0.25, 0.3) is 0 Å². The van der Waals surface area contributed by atoms with Gasteiger partial charge in [0, 0.05) is 19.3 Å². The molecule has 0 aliphatic rings. The second-order valence-corrected chi connectivity index (χ2v) is 4.32. The molecule has 0 unspecified atom stereocenters. The van der Waals surface area contributed by atoms with Crippen molar-refractivity contribution in [2.45, 2.75) is 26.2 Å². The summed E-state index contributed by atoms with van der Waals surface area (Å²) in [4.78, 5) is 22.0. The minimum atomic E-state index is -0.235. The first-order chi connectivity index (χ1) is 5.87. The minimum Gasteiger partial charge on any atom is -0.331 e. The van der Waals surface area contributed by atoms with Crippen LogP contribution in [0, 0.1) is 0 Å². The van der Waals surface area contributed by atoms with Gasteiger partial charge in [0.2, 0.25) is 0 Å². The van der Waals surface area contributed by atoms with Crippen LogP contribution in [0.2, 0.25) is 0 Å². The van der Waals surface area contributed by atoms with E-state index < -0.39 is 0 Å². The molecule has 0 rings (SSSR count). The van der Waals surface area contributed by atoms with Gasteiger partial charge in [0.25, 0.3) is 0 Å². The van der Waals surface area contributed by atoms with Gasteiger partial charge in [0.05, 0.1) is 27.7 Å². The van der Waals surface area contributed by atoms with Gasteiger partial charge in [-0.05, 0) is 0 Å². The number of quaternary nitrogens is 1. The molecule has 0 aromatic rings. The first-order valence-electron chi connectivity index (χ1n) is 4.73. The van der Waals surface area contributed by atoms with Crippen LogP contribution in [0.4, 0.5) is 0 Å². The van der Waals surface area contributed by atoms with E-state index in [0.717, 1.165) is 17.4 Å². The fourth-order valence-corrected chi connectivity index (χ4v) is 1.05. The first kappa shape index (κ1) is 12.3. The van der Waals surface area contributed by atoms with Gasteiger partial charge >= 0.3 is 0 Å². The van der Waals surface area contributed by atoms with Crippen molar-refractivity contribution in [2.75, 3.05) is 27.7 Å². The fourth-order valence-electron chi connectivity index (χ4n) is 1.05. The third-order valence-electron chi connectivity index (χ3n) is 1.86. The molecule has 0 heterocycles. The van der Waals surface area contributed by atoms with Gasteiger partial charge in [-0.1, -0.05) is 6.92 Å². The highest BCUT2D eigenvalue weighted by molar-refractivity contribution is 6.37. The lowest BCUT2D eigenvalue weighted by Crippen LogP contribution is -2.35. The van der Waals surface area contributed by atoms with Crippen LogP contribution in [0.5, 0.6) is 0 Å². The fraction of sp³-hybridized carbons (Fsp3) is 0.800. The quantitative estimate of drug-likeness (QED) is 0.458. The lowest BCUT2D eigenvalue weighted by atomic mass is 10.1. The Morgan fingerprint density at radius 2 is 1.62 bits per heavy atom. The number of Topliss-reactive ketones (excluding diaryl/α,β-unsaturated/α-hetero) is 2. The zero-order valence-corrected chi connectivity index (χ0v) is 9.09. The molecule has 0 radical (unpaired) electrons. The summed E-state index contributed by atoms with van der Waals surface area (Å²) in [6.45, 7) is 2.66. The Morgan fingerprint density at radius 3 is 2.00 bits per heavy atom. The Labute approximate surface area is 80.3 Å². The topological polar surface area (TPSA) is 34.1 Å². The van der Waals surface area contributed by atoms with Gasteiger partial charge in [0.15, 0.2) is 11.6 Å². The molecule has 3 nitrogen and oxygen atoms in total. The maximum Gasteiger partial charge on any atom is 0.198 e. The molecule has 0 bridgehead atoms. The molecule has 0 saturated carbocycles. The van der Waals surface area contributed by atoms with E-state index in [1.54, 1.807) is 6.92 Å². The molecule has 76 valence electrons. The smallest absolute Gasteiger partial charge is 0.198 e. The monoisotopic (exact) mass is 186 g/mol. The van der Waals surface area contributed by atoms with E-state index in [-0.39, 0.29) is 11.6 Å². The molecular weight excluding hydrogens is 166 g/mol. The molecule has 0 amide bonds. The second-order valence-electron chi connectivity index (χ2n) is 4.32. The molecule has 0 spiro atoms. The van der Waals surface area contributed by atoms with Gasteiger partial charge in [0.1, 0.15) is 0 Å². The van der Waals surface area contributed by atoms with E-state index in [9.17, 15) is 9.59 Å². The molecule has 3 heteroatoms. The summed E-state index contributed by atoms with van der Waals surface area (Å²) in [6, 6.07) is 0. The molecule has 0 aliphatic heterocycles. The molecule has 0 aromatic carbocycles. The van der Waals surface area contributed by atoms with E-state index in [2.05, 4.69) is 21.1 Å². The average Bonchev–Trinajstić information content (AvgIpc) is 2.00. The normalized spacial score (nSPS) is 11.4. The van der Waals surface area contributed by atoms with Crippen LogP contribution in [0.3, 0.4) is 0 Å². The summed E-state index contributed by atoms with van der Waals surface area (Å²) < 4.78 is 0.841. The van der Waals surface area contributed by atoms with Crippen LogP contribution < -0.4 is 0 Å². The second kappa shape index (κ2) is 5.12. The predicted octanol–water partition coefficient (Wildman–Crippen LogP) is 1.02. The number of ketones is 2. The largest absolute Gasteiger partial charge is 0.331 e. The van der Waals surface area contributed by atoms with Gasteiger partial charge in [-0.2, -0.15) is 0 Å². The standard InChI is InChI=1S/C10H20NO2/c1-5-9(12)10(13)7-6-8-11(2,3)4/h5-8H2,1-4H3/q+1. The van der Waals surface area contributed by atoms with Crippen molar-refractivity contribution in [2.24, 2.45) is 0 Å². The molecular formula is C10H20NO2+. The number of rotatable bonds is 6. The molecule has 13 heavy (non-hydrogen) atoms. The zero-order chi connectivity index (χ0) is 10.5. The lowest BCUT2D eigenvalue weighted by molar-refractivity contribution is -0.870. The third kappa shape index (κ3) is 6.46. The zero-order valence-electron chi connectivity index (χ0n) is 9.09. The summed E-state index contributed by atoms with van der Waals surface area (Å²) >= 11 is 0. The van der Waals surface area contributed by atoms with Crippen LogP contribution in [0.1, 0.15) is 26.2 Å². The lowest BCUT2D eigenvalue weighted by Gasteiger charge is -2.23. The molecule has 0 aliphatic carbocycles. The van der Waals surface area contributed by atoms with Crippen molar-refractivity contribution in [3.8, 4) is 0 Å². The number of carbonyl (C=O) groups is 2. The van der Waals surface area contributed by atoms with Crippen molar-refractivity contribution in [1.29, 1.82) is 0 Å². The van der Waals surface area contributed by atoms with E-state index in [4.69, 9.17) is 0 Å². The van der Waals surface area contributed by atoms with E-state index >= 15 is 0 Å². The molecule has 0 N–H and O–H groups in total. The third-order valence-corrected chi connectivity index (χ3v) is 1.86. The van der Waals surface area contributed by atoms with E-state index in [0.29, 0.717) is 12.8 Å². The minimum absolute atomic E-state index is 0.212. The van der Waals surface area contributed by atoms with Crippen molar-refractivity contribution in [3.63, 3.8) is 0 Å². The van der Waals surface area contributed by atoms with Crippen molar-refractivity contribution >= 4 is 11.6 Å². The van der Waals surface area contributed by atoms with Crippen LogP contribution in [-0.4, -0.2) is 43.7 Å². The molecule has 0 aromatic heterocycles. The summed E-state index contributed by atoms with van der Waals surface area (Å²) in [5.41, 5.74) is 0. The van der Waals surface area contributed by atoms with Crippen molar-refractivity contribution in [3.05, 3.63) is 0 Å². The Bertz CT molecular complexity index is 192. The average molecular weight is 186 g/mol. The Balaban J connectivity index is 3.66. The van der Waals surface area contributed by atoms with Crippen LogP contribution in [0.15, 0.2) is 0 Å². The van der Waals surface area contributed by atoms with Crippen LogP contribution >= 0.6 is 0 Å². The van der Waals surface area contributed by atoms with Crippen molar-refractivity contribution < 1.29 is 14.1 Å².